The van der Waals surface area contributed by atoms with Crippen LogP contribution in [0.3, 0.4) is 0 Å². The molecule has 1 amide bonds. The van der Waals surface area contributed by atoms with E-state index in [1.54, 1.807) is 6.92 Å². The first-order valence-electron chi connectivity index (χ1n) is 14.0. The number of carboxylic acids is 1. The number of nitrogens with zero attached hydrogens (tertiary/aromatic N) is 4. The summed E-state index contributed by atoms with van der Waals surface area (Å²) in [5.74, 6) is -1.79. The molecule has 39 heavy (non-hydrogen) atoms. The molecule has 0 radical (unpaired) electrons. The number of benzene rings is 3. The third kappa shape index (κ3) is 4.71. The zero-order chi connectivity index (χ0) is 27.1. The molecule has 1 aromatic heterocycles. The lowest BCUT2D eigenvalue weighted by atomic mass is 9.78. The number of hydrogen-bond donors (Lipinski definition) is 1. The van der Waals surface area contributed by atoms with Crippen molar-refractivity contribution >= 4 is 22.9 Å². The molecule has 4 aromatic rings. The summed E-state index contributed by atoms with van der Waals surface area (Å²) in [6, 6.07) is 18.5. The van der Waals surface area contributed by atoms with E-state index >= 15 is 0 Å². The first kappa shape index (κ1) is 25.3. The van der Waals surface area contributed by atoms with E-state index in [4.69, 9.17) is 0 Å². The Labute approximate surface area is 228 Å². The van der Waals surface area contributed by atoms with Crippen LogP contribution in [0.2, 0.25) is 0 Å². The van der Waals surface area contributed by atoms with E-state index in [0.29, 0.717) is 18.7 Å². The maximum absolute atomic E-state index is 13.4. The molecule has 5 aliphatic rings. The van der Waals surface area contributed by atoms with Gasteiger partial charge in [0.05, 0.1) is 11.4 Å². The maximum Gasteiger partial charge on any atom is 0.307 e. The molecule has 5 aliphatic heterocycles. The number of carbonyl (C=O) groups is 2. The second kappa shape index (κ2) is 10.3. The monoisotopic (exact) mass is 522 g/mol. The lowest BCUT2D eigenvalue weighted by Crippen LogP contribution is -2.36. The molecule has 0 fully saturated rings. The smallest absolute Gasteiger partial charge is 0.307 e. The van der Waals surface area contributed by atoms with Gasteiger partial charge in [0.25, 0.3) is 5.91 Å². The Morgan fingerprint density at radius 3 is 2.59 bits per heavy atom. The Morgan fingerprint density at radius 2 is 1.79 bits per heavy atom. The predicted octanol–water partition coefficient (Wildman–Crippen LogP) is 5.52. The number of aromatic nitrogens is 3. The number of aryl methyl sites for hydroxylation is 3. The molecule has 7 nitrogen and oxygen atoms in total. The molecule has 6 heterocycles. The molecule has 3 aromatic carbocycles. The van der Waals surface area contributed by atoms with Crippen LogP contribution in [-0.4, -0.2) is 43.4 Å². The molecule has 9 bridgehead atoms. The van der Waals surface area contributed by atoms with E-state index in [1.807, 2.05) is 34.7 Å². The predicted molar refractivity (Wildman–Crippen MR) is 150 cm³/mol. The zero-order valence-electron chi connectivity index (χ0n) is 22.6. The summed E-state index contributed by atoms with van der Waals surface area (Å²) in [5.41, 5.74) is 8.96. The summed E-state index contributed by atoms with van der Waals surface area (Å²) >= 11 is 0. The van der Waals surface area contributed by atoms with Crippen LogP contribution in [0.1, 0.15) is 75.8 Å². The van der Waals surface area contributed by atoms with Gasteiger partial charge in [-0.05, 0) is 84.2 Å². The normalized spacial score (nSPS) is 18.6. The van der Waals surface area contributed by atoms with Crippen molar-refractivity contribution in [3.63, 3.8) is 0 Å². The van der Waals surface area contributed by atoms with E-state index in [1.165, 1.54) is 11.1 Å². The summed E-state index contributed by atoms with van der Waals surface area (Å²) in [7, 11) is 0. The second-order valence-corrected chi connectivity index (χ2v) is 11.1. The Bertz CT molecular complexity index is 1560. The molecule has 0 aliphatic carbocycles. The van der Waals surface area contributed by atoms with Crippen LogP contribution in [0.5, 0.6) is 0 Å². The van der Waals surface area contributed by atoms with Crippen LogP contribution >= 0.6 is 0 Å². The van der Waals surface area contributed by atoms with E-state index in [9.17, 15) is 14.7 Å². The van der Waals surface area contributed by atoms with E-state index in [-0.39, 0.29) is 11.8 Å². The van der Waals surface area contributed by atoms with E-state index < -0.39 is 11.9 Å². The first-order chi connectivity index (χ1) is 18.9. The minimum absolute atomic E-state index is 0.0441. The summed E-state index contributed by atoms with van der Waals surface area (Å²) in [6.45, 7) is 5.78. The van der Waals surface area contributed by atoms with Crippen molar-refractivity contribution in [2.75, 3.05) is 6.54 Å². The van der Waals surface area contributed by atoms with Crippen molar-refractivity contribution in [3.8, 4) is 0 Å². The molecule has 0 unspecified atom stereocenters. The standard InChI is InChI=1S/C32H34N4O3/c1-20-27-13-14-28-30(20)33-34-36(28)16-5-3-4-6-22-7-9-24(10-8-22)31(37)35-17-15-23-11-12-25(18-26(23)19-35)29(27)21(2)32(38)39/h7-14,18,21,29H,3-6,15-17,19H2,1-2H3,(H,38,39)/t21-,29-/m0/s1. The lowest BCUT2D eigenvalue weighted by molar-refractivity contribution is -0.141. The number of aliphatic carboxylic acids is 1. The highest BCUT2D eigenvalue weighted by Gasteiger charge is 2.31. The van der Waals surface area contributed by atoms with Gasteiger partial charge < -0.3 is 10.0 Å². The van der Waals surface area contributed by atoms with Crippen LogP contribution in [0.4, 0.5) is 0 Å². The number of carboxylic acid groups (broad SMARTS) is 1. The highest BCUT2D eigenvalue weighted by Crippen LogP contribution is 2.38. The molecule has 2 atom stereocenters. The van der Waals surface area contributed by atoms with Crippen molar-refractivity contribution in [3.05, 3.63) is 93.5 Å². The molecule has 0 saturated heterocycles. The highest BCUT2D eigenvalue weighted by atomic mass is 16.4. The number of rotatable bonds is 2. The van der Waals surface area contributed by atoms with Gasteiger partial charge in [0.15, 0.2) is 0 Å². The largest absolute Gasteiger partial charge is 0.481 e. The summed E-state index contributed by atoms with van der Waals surface area (Å²) in [6.07, 6.45) is 4.91. The maximum atomic E-state index is 13.4. The fraction of sp³-hybridized carbons (Fsp3) is 0.375. The molecular formula is C32H34N4O3. The van der Waals surface area contributed by atoms with Gasteiger partial charge in [0.2, 0.25) is 0 Å². The van der Waals surface area contributed by atoms with Gasteiger partial charge in [-0.2, -0.15) is 0 Å². The lowest BCUT2D eigenvalue weighted by Gasteiger charge is -2.31. The van der Waals surface area contributed by atoms with Gasteiger partial charge in [-0.3, -0.25) is 9.59 Å². The average Bonchev–Trinajstić information content (AvgIpc) is 3.37. The van der Waals surface area contributed by atoms with Gasteiger partial charge >= 0.3 is 5.97 Å². The fourth-order valence-corrected chi connectivity index (χ4v) is 6.27. The SMILES string of the molecule is Cc1c2ccc3c1nnn3CCCCCc1ccc(cc1)C(=O)N1CCc3ccc(cc3C1)[C@@H]2[C@H](C)C(=O)O. The van der Waals surface area contributed by atoms with Crippen molar-refractivity contribution in [1.29, 1.82) is 0 Å². The molecular weight excluding hydrogens is 488 g/mol. The van der Waals surface area contributed by atoms with E-state index in [0.717, 1.165) is 71.9 Å². The van der Waals surface area contributed by atoms with E-state index in [2.05, 4.69) is 46.7 Å². The van der Waals surface area contributed by atoms with Gasteiger partial charge in [0.1, 0.15) is 5.52 Å². The Morgan fingerprint density at radius 1 is 0.974 bits per heavy atom. The van der Waals surface area contributed by atoms with Gasteiger partial charge in [-0.15, -0.1) is 5.10 Å². The van der Waals surface area contributed by atoms with Crippen molar-refractivity contribution < 1.29 is 14.7 Å². The van der Waals surface area contributed by atoms with Crippen LogP contribution in [0.15, 0.2) is 54.6 Å². The zero-order valence-corrected chi connectivity index (χ0v) is 22.6. The van der Waals surface area contributed by atoms with Gasteiger partial charge in [0, 0.05) is 31.1 Å². The molecule has 1 N–H and O–H groups in total. The van der Waals surface area contributed by atoms with Crippen LogP contribution in [0, 0.1) is 12.8 Å². The fourth-order valence-electron chi connectivity index (χ4n) is 6.27. The topological polar surface area (TPSA) is 88.3 Å². The Kier molecular flexibility index (Phi) is 6.67. The molecule has 0 spiro atoms. The average molecular weight is 523 g/mol. The number of carbonyl (C=O) groups excluding carboxylic acids is 1. The summed E-state index contributed by atoms with van der Waals surface area (Å²) in [5, 5.41) is 19.1. The molecule has 0 saturated carbocycles. The molecule has 200 valence electrons. The van der Waals surface area contributed by atoms with Crippen molar-refractivity contribution in [1.82, 2.24) is 19.9 Å². The Hall–Kier alpha value is -4.00. The number of amides is 1. The van der Waals surface area contributed by atoms with Crippen molar-refractivity contribution in [2.24, 2.45) is 5.92 Å². The highest BCUT2D eigenvalue weighted by molar-refractivity contribution is 5.94. The quantitative estimate of drug-likeness (QED) is 0.375. The minimum Gasteiger partial charge on any atom is -0.481 e. The minimum atomic E-state index is -0.841. The molecule has 7 heteroatoms. The molecule has 9 rings (SSSR count). The van der Waals surface area contributed by atoms with Gasteiger partial charge in [-0.25, -0.2) is 4.68 Å². The second-order valence-electron chi connectivity index (χ2n) is 11.1. The summed E-state index contributed by atoms with van der Waals surface area (Å²) < 4.78 is 1.97. The third-order valence-electron chi connectivity index (χ3n) is 8.63. The number of hydrogen-bond acceptors (Lipinski definition) is 4. The third-order valence-corrected chi connectivity index (χ3v) is 8.63. The summed E-state index contributed by atoms with van der Waals surface area (Å²) in [4.78, 5) is 27.6. The van der Waals surface area contributed by atoms with Crippen molar-refractivity contribution in [2.45, 2.75) is 65.0 Å². The van der Waals surface area contributed by atoms with Crippen LogP contribution in [-0.2, 0) is 30.7 Å². The Balaban J connectivity index is 1.46. The first-order valence-corrected chi connectivity index (χ1v) is 14.0. The van der Waals surface area contributed by atoms with Crippen LogP contribution in [0.25, 0.3) is 11.0 Å². The van der Waals surface area contributed by atoms with Crippen LogP contribution < -0.4 is 0 Å². The van der Waals surface area contributed by atoms with Gasteiger partial charge in [-0.1, -0.05) is 55.0 Å².